The van der Waals surface area contributed by atoms with Crippen LogP contribution < -0.4 is 15.5 Å². The topological polar surface area (TPSA) is 95.9 Å². The highest BCUT2D eigenvalue weighted by molar-refractivity contribution is 8.24. The molecule has 0 spiro atoms. The average Bonchev–Trinajstić information content (AvgIpc) is 3.00. The smallest absolute Gasteiger partial charge is 0.254 e. The molecule has 43 heavy (non-hydrogen) atoms. The zero-order valence-electron chi connectivity index (χ0n) is 26.0. The number of halogens is 1. The summed E-state index contributed by atoms with van der Waals surface area (Å²) in [6.45, 7) is 12.4. The molecule has 4 rings (SSSR count). The van der Waals surface area contributed by atoms with Gasteiger partial charge < -0.3 is 20.4 Å². The van der Waals surface area contributed by atoms with E-state index < -0.39 is 11.7 Å². The van der Waals surface area contributed by atoms with Crippen molar-refractivity contribution in [1.82, 2.24) is 20.6 Å². The van der Waals surface area contributed by atoms with Crippen LogP contribution in [0.3, 0.4) is 0 Å². The number of nitrogens with one attached hydrogen (secondary N) is 2. The molecule has 2 N–H and O–H groups in total. The first kappa shape index (κ1) is 34.0. The first-order chi connectivity index (χ1) is 20.8. The second-order valence-electron chi connectivity index (χ2n) is 10.6. The predicted octanol–water partition coefficient (Wildman–Crippen LogP) is 6.35. The number of piperidine rings is 1. The third-order valence-electron chi connectivity index (χ3n) is 7.51. The summed E-state index contributed by atoms with van der Waals surface area (Å²) in [5.74, 6) is -0.648. The monoisotopic (exact) mass is 609 g/mol. The van der Waals surface area contributed by atoms with Crippen LogP contribution in [0.1, 0.15) is 68.6 Å². The number of para-hydroxylation sites is 1. The summed E-state index contributed by atoms with van der Waals surface area (Å²) in [4.78, 5) is 31.5. The number of hydrogen-bond acceptors (Lipinski definition) is 8. The number of ether oxygens (including phenoxy) is 1. The maximum Gasteiger partial charge on any atom is 0.254 e. The van der Waals surface area contributed by atoms with Crippen LogP contribution in [-0.4, -0.2) is 58.7 Å². The summed E-state index contributed by atoms with van der Waals surface area (Å²) in [7, 11) is 1.66. The Morgan fingerprint density at radius 2 is 1.91 bits per heavy atom. The van der Waals surface area contributed by atoms with Crippen molar-refractivity contribution in [2.75, 3.05) is 20.1 Å². The van der Waals surface area contributed by atoms with Crippen LogP contribution in [0.25, 0.3) is 10.9 Å². The lowest BCUT2D eigenvalue weighted by Gasteiger charge is -2.38. The SMILES string of the molecule is CC.CN/N=C(/CC(NC(=O)c1ccc(OCc2cc(C)nc3ccccc23)cc1F)C1CCN(C(C)C)CC1)SC=O. The number of hydrogen-bond donors (Lipinski definition) is 2. The van der Waals surface area contributed by atoms with Gasteiger partial charge in [0.2, 0.25) is 0 Å². The molecule has 1 atom stereocenters. The Balaban J connectivity index is 0.00000248. The Morgan fingerprint density at radius 3 is 2.56 bits per heavy atom. The van der Waals surface area contributed by atoms with Crippen LogP contribution in [0.15, 0.2) is 53.6 Å². The number of thioether (sulfide) groups is 1. The van der Waals surface area contributed by atoms with Gasteiger partial charge in [0.1, 0.15) is 23.2 Å². The number of amides is 1. The number of carbonyl (C=O) groups is 2. The van der Waals surface area contributed by atoms with Gasteiger partial charge in [-0.05, 0) is 88.6 Å². The van der Waals surface area contributed by atoms with Crippen LogP contribution in [0.4, 0.5) is 4.39 Å². The number of aryl methyl sites for hydroxylation is 1. The highest BCUT2D eigenvalue weighted by Gasteiger charge is 2.30. The van der Waals surface area contributed by atoms with Gasteiger partial charge in [-0.15, -0.1) is 0 Å². The molecular formula is C33H44FN5O3S. The number of nitrogens with zero attached hydrogens (tertiary/aromatic N) is 3. The molecular weight excluding hydrogens is 565 g/mol. The highest BCUT2D eigenvalue weighted by Crippen LogP contribution is 2.27. The summed E-state index contributed by atoms with van der Waals surface area (Å²) in [6.07, 6.45) is 2.16. The number of fused-ring (bicyclic) bond motifs is 1. The minimum absolute atomic E-state index is 0.0534. The van der Waals surface area contributed by atoms with E-state index in [4.69, 9.17) is 4.74 Å². The fourth-order valence-electron chi connectivity index (χ4n) is 5.35. The second-order valence-corrected chi connectivity index (χ2v) is 11.5. The van der Waals surface area contributed by atoms with Crippen LogP contribution in [0, 0.1) is 18.7 Å². The van der Waals surface area contributed by atoms with Gasteiger partial charge in [0.05, 0.1) is 11.1 Å². The van der Waals surface area contributed by atoms with Gasteiger partial charge in [-0.3, -0.25) is 14.6 Å². The molecule has 0 aliphatic carbocycles. The molecule has 232 valence electrons. The first-order valence-electron chi connectivity index (χ1n) is 14.9. The molecule has 1 aliphatic heterocycles. The lowest BCUT2D eigenvalue weighted by Crippen LogP contribution is -2.47. The molecule has 2 aromatic carbocycles. The van der Waals surface area contributed by atoms with E-state index in [2.05, 4.69) is 39.6 Å². The van der Waals surface area contributed by atoms with Crippen molar-refractivity contribution in [2.45, 2.75) is 72.6 Å². The van der Waals surface area contributed by atoms with E-state index in [-0.39, 0.29) is 24.1 Å². The van der Waals surface area contributed by atoms with Crippen LogP contribution in [-0.2, 0) is 11.4 Å². The maximum absolute atomic E-state index is 15.2. The van der Waals surface area contributed by atoms with Crippen molar-refractivity contribution in [2.24, 2.45) is 11.0 Å². The minimum atomic E-state index is -0.657. The summed E-state index contributed by atoms with van der Waals surface area (Å²) in [5.41, 5.74) is 6.11. The van der Waals surface area contributed by atoms with Crippen LogP contribution in [0.2, 0.25) is 0 Å². The van der Waals surface area contributed by atoms with Crippen molar-refractivity contribution >= 4 is 39.2 Å². The van der Waals surface area contributed by atoms with Gasteiger partial charge in [-0.25, -0.2) is 4.39 Å². The molecule has 1 saturated heterocycles. The number of aromatic nitrogens is 1. The summed E-state index contributed by atoms with van der Waals surface area (Å²) in [6, 6.07) is 14.2. The molecule has 1 aliphatic rings. The minimum Gasteiger partial charge on any atom is -0.489 e. The number of pyridine rings is 1. The molecule has 0 bridgehead atoms. The van der Waals surface area contributed by atoms with Gasteiger partial charge in [-0.2, -0.15) is 5.10 Å². The van der Waals surface area contributed by atoms with E-state index >= 15 is 4.39 Å². The highest BCUT2D eigenvalue weighted by atomic mass is 32.2. The summed E-state index contributed by atoms with van der Waals surface area (Å²) >= 11 is 0.982. The van der Waals surface area contributed by atoms with Crippen molar-refractivity contribution < 1.29 is 18.7 Å². The number of carbonyl (C=O) groups excluding carboxylic acids is 2. The third-order valence-corrected chi connectivity index (χ3v) is 8.14. The van der Waals surface area contributed by atoms with Gasteiger partial charge in [0.15, 0.2) is 5.62 Å². The molecule has 1 aromatic heterocycles. The van der Waals surface area contributed by atoms with E-state index in [1.165, 1.54) is 12.1 Å². The Hall–Kier alpha value is -3.50. The molecule has 1 amide bonds. The fourth-order valence-corrected chi connectivity index (χ4v) is 5.88. The molecule has 1 fully saturated rings. The summed E-state index contributed by atoms with van der Waals surface area (Å²) in [5, 5.41) is 8.82. The average molecular weight is 610 g/mol. The molecule has 10 heteroatoms. The van der Waals surface area contributed by atoms with E-state index in [1.807, 2.05) is 51.1 Å². The van der Waals surface area contributed by atoms with E-state index in [1.54, 1.807) is 13.1 Å². The van der Waals surface area contributed by atoms with E-state index in [0.717, 1.165) is 65.5 Å². The zero-order chi connectivity index (χ0) is 31.4. The Morgan fingerprint density at radius 1 is 1.19 bits per heavy atom. The van der Waals surface area contributed by atoms with Crippen LogP contribution in [0.5, 0.6) is 5.75 Å². The number of hydrazone groups is 1. The predicted molar refractivity (Wildman–Crippen MR) is 175 cm³/mol. The molecule has 0 saturated carbocycles. The Kier molecular flexibility index (Phi) is 13.4. The van der Waals surface area contributed by atoms with Crippen molar-refractivity contribution in [3.05, 3.63) is 71.2 Å². The van der Waals surface area contributed by atoms with Crippen LogP contribution >= 0.6 is 11.8 Å². The zero-order valence-corrected chi connectivity index (χ0v) is 26.8. The molecule has 0 radical (unpaired) electrons. The van der Waals surface area contributed by atoms with E-state index in [9.17, 15) is 9.59 Å². The lowest BCUT2D eigenvalue weighted by molar-refractivity contribution is 0.0878. The van der Waals surface area contributed by atoms with Gasteiger partial charge in [0.25, 0.3) is 5.91 Å². The molecule has 8 nitrogen and oxygen atoms in total. The number of likely N-dealkylation sites (tertiary alicyclic amines) is 1. The van der Waals surface area contributed by atoms with Crippen molar-refractivity contribution in [1.29, 1.82) is 0 Å². The lowest BCUT2D eigenvalue weighted by atomic mass is 9.87. The molecule has 3 aromatic rings. The Bertz CT molecular complexity index is 1390. The molecule has 2 heterocycles. The van der Waals surface area contributed by atoms with Gasteiger partial charge in [-0.1, -0.05) is 32.0 Å². The quantitative estimate of drug-likeness (QED) is 0.113. The van der Waals surface area contributed by atoms with Crippen molar-refractivity contribution in [3.8, 4) is 5.75 Å². The first-order valence-corrected chi connectivity index (χ1v) is 15.8. The fraction of sp³-hybridized carbons (Fsp3) is 0.455. The standard InChI is InChI=1S/C31H38FN5O3S.C2H6/c1-20(2)37-13-11-22(12-14-37)29(17-30(36-33-4)41-19-38)35-31(39)26-10-9-24(16-27(26)32)40-18-23-15-21(3)34-28-8-6-5-7-25(23)28;1-2/h5-10,15-16,19-20,22,29,33H,11-14,17-18H2,1-4H3,(H,35,39);1-2H3/b36-30-;. The van der Waals surface area contributed by atoms with Gasteiger partial charge in [0, 0.05) is 48.3 Å². The maximum atomic E-state index is 15.2. The summed E-state index contributed by atoms with van der Waals surface area (Å²) < 4.78 is 21.2. The number of benzene rings is 2. The second kappa shape index (κ2) is 17.0. The molecule has 1 unspecified atom stereocenters. The van der Waals surface area contributed by atoms with Crippen molar-refractivity contribution in [3.63, 3.8) is 0 Å². The Labute approximate surface area is 258 Å². The van der Waals surface area contributed by atoms with Gasteiger partial charge >= 0.3 is 0 Å². The van der Waals surface area contributed by atoms with E-state index in [0.29, 0.717) is 23.3 Å². The normalized spacial score (nSPS) is 15.0. The largest absolute Gasteiger partial charge is 0.489 e. The third kappa shape index (κ3) is 9.49. The number of rotatable bonds is 11.